The highest BCUT2D eigenvalue weighted by Gasteiger charge is 2.42. The van der Waals surface area contributed by atoms with Crippen LogP contribution in [0.25, 0.3) is 0 Å². The van der Waals surface area contributed by atoms with Gasteiger partial charge in [-0.15, -0.1) is 0 Å². The van der Waals surface area contributed by atoms with Crippen LogP contribution in [0.15, 0.2) is 48.5 Å². The molecule has 5 heteroatoms. The molecular formula is C18H24O4Si. The molecule has 2 aromatic carbocycles. The molecule has 2 N–H and O–H groups in total. The van der Waals surface area contributed by atoms with Crippen molar-refractivity contribution in [2.75, 3.05) is 13.2 Å². The molecule has 0 saturated carbocycles. The highest BCUT2D eigenvalue weighted by molar-refractivity contribution is 6.92. The molecule has 0 saturated heterocycles. The summed E-state index contributed by atoms with van der Waals surface area (Å²) in [6.45, 7) is 5.06. The molecule has 0 unspecified atom stereocenters. The normalized spacial score (nSPS) is 11.7. The van der Waals surface area contributed by atoms with E-state index in [1.165, 1.54) is 0 Å². The van der Waals surface area contributed by atoms with Gasteiger partial charge in [-0.1, -0.05) is 48.5 Å². The largest absolute Gasteiger partial charge is 0.407 e. The van der Waals surface area contributed by atoms with Gasteiger partial charge in [-0.3, -0.25) is 0 Å². The van der Waals surface area contributed by atoms with E-state index < -0.39 is 8.56 Å². The van der Waals surface area contributed by atoms with Crippen molar-refractivity contribution in [2.24, 2.45) is 0 Å². The quantitative estimate of drug-likeness (QED) is 0.716. The molecule has 0 aliphatic heterocycles. The number of rotatable bonds is 8. The fraction of sp³-hybridized carbons (Fsp3) is 0.333. The number of hydrogen-bond acceptors (Lipinski definition) is 4. The van der Waals surface area contributed by atoms with Crippen molar-refractivity contribution in [3.63, 3.8) is 0 Å². The summed E-state index contributed by atoms with van der Waals surface area (Å²) < 4.78 is 12.4. The fourth-order valence-corrected chi connectivity index (χ4v) is 5.71. The van der Waals surface area contributed by atoms with Crippen LogP contribution in [-0.2, 0) is 22.1 Å². The zero-order chi connectivity index (χ0) is 16.7. The lowest BCUT2D eigenvalue weighted by atomic mass is 10.2. The molecule has 0 bridgehead atoms. The monoisotopic (exact) mass is 332 g/mol. The minimum absolute atomic E-state index is 0.0172. The lowest BCUT2D eigenvalue weighted by molar-refractivity contribution is 0.208. The summed E-state index contributed by atoms with van der Waals surface area (Å²) >= 11 is 0. The topological polar surface area (TPSA) is 58.9 Å². The Morgan fingerprint density at radius 3 is 1.30 bits per heavy atom. The van der Waals surface area contributed by atoms with Gasteiger partial charge in [0.1, 0.15) is 0 Å². The maximum atomic E-state index is 9.24. The maximum Gasteiger partial charge on any atom is 0.407 e. The van der Waals surface area contributed by atoms with Crippen LogP contribution in [0.3, 0.4) is 0 Å². The van der Waals surface area contributed by atoms with E-state index in [-0.39, 0.29) is 13.2 Å². The van der Waals surface area contributed by atoms with Crippen LogP contribution in [-0.4, -0.2) is 32.0 Å². The van der Waals surface area contributed by atoms with Crippen molar-refractivity contribution >= 4 is 18.9 Å². The van der Waals surface area contributed by atoms with E-state index in [0.717, 1.165) is 21.5 Å². The van der Waals surface area contributed by atoms with Gasteiger partial charge in [0.15, 0.2) is 0 Å². The van der Waals surface area contributed by atoms with Gasteiger partial charge in [-0.05, 0) is 35.3 Å². The number of benzene rings is 2. The average Bonchev–Trinajstić information content (AvgIpc) is 2.61. The Kier molecular flexibility index (Phi) is 6.50. The predicted octanol–water partition coefficient (Wildman–Crippen LogP) is 1.30. The van der Waals surface area contributed by atoms with Crippen molar-refractivity contribution in [1.29, 1.82) is 0 Å². The van der Waals surface area contributed by atoms with Gasteiger partial charge in [-0.2, -0.15) is 0 Å². The highest BCUT2D eigenvalue weighted by atomic mass is 28.4. The number of aliphatic hydroxyl groups excluding tert-OH is 2. The van der Waals surface area contributed by atoms with Crippen molar-refractivity contribution in [2.45, 2.75) is 27.1 Å². The van der Waals surface area contributed by atoms with Crippen LogP contribution < -0.4 is 10.4 Å². The van der Waals surface area contributed by atoms with Crippen LogP contribution in [0, 0.1) is 0 Å². The Morgan fingerprint density at radius 2 is 1.04 bits per heavy atom. The van der Waals surface area contributed by atoms with Crippen LogP contribution in [0.2, 0.25) is 0 Å². The molecule has 0 aliphatic rings. The van der Waals surface area contributed by atoms with Crippen molar-refractivity contribution in [3.8, 4) is 0 Å². The van der Waals surface area contributed by atoms with Gasteiger partial charge < -0.3 is 19.1 Å². The first-order valence-corrected chi connectivity index (χ1v) is 9.70. The van der Waals surface area contributed by atoms with Crippen LogP contribution in [0.1, 0.15) is 25.0 Å². The Labute approximate surface area is 138 Å². The Balaban J connectivity index is 2.51. The standard InChI is InChI=1S/C18H24O4Si/c1-3-21-23(22-4-2,17-9-5-15(13-19)6-10-17)18-11-7-16(14-20)8-12-18/h5-12,19-20H,3-4,13-14H2,1-2H3. The highest BCUT2D eigenvalue weighted by Crippen LogP contribution is 2.12. The smallest absolute Gasteiger partial charge is 0.392 e. The number of hydrogen-bond donors (Lipinski definition) is 2. The van der Waals surface area contributed by atoms with Gasteiger partial charge in [0, 0.05) is 13.2 Å². The fourth-order valence-electron chi connectivity index (χ4n) is 2.61. The molecule has 0 amide bonds. The molecule has 0 fully saturated rings. The van der Waals surface area contributed by atoms with E-state index in [4.69, 9.17) is 8.85 Å². The molecule has 0 aliphatic carbocycles. The second-order valence-electron chi connectivity index (χ2n) is 5.19. The molecule has 23 heavy (non-hydrogen) atoms. The van der Waals surface area contributed by atoms with E-state index >= 15 is 0 Å². The van der Waals surface area contributed by atoms with Gasteiger partial charge in [0.25, 0.3) is 0 Å². The zero-order valence-electron chi connectivity index (χ0n) is 13.7. The Morgan fingerprint density at radius 1 is 0.696 bits per heavy atom. The minimum Gasteiger partial charge on any atom is -0.392 e. The summed E-state index contributed by atoms with van der Waals surface area (Å²) in [5, 5.41) is 20.5. The molecule has 0 spiro atoms. The molecule has 4 nitrogen and oxygen atoms in total. The van der Waals surface area contributed by atoms with Gasteiger partial charge in [0.2, 0.25) is 0 Å². The van der Waals surface area contributed by atoms with E-state index in [1.807, 2.05) is 62.4 Å². The zero-order valence-corrected chi connectivity index (χ0v) is 14.7. The molecule has 124 valence electrons. The van der Waals surface area contributed by atoms with Crippen molar-refractivity contribution < 1.29 is 19.1 Å². The summed E-state index contributed by atoms with van der Waals surface area (Å²) in [7, 11) is -2.78. The molecule has 0 radical (unpaired) electrons. The first-order chi connectivity index (χ1) is 11.2. The molecule has 0 heterocycles. The summed E-state index contributed by atoms with van der Waals surface area (Å²) in [6.07, 6.45) is 0. The SMILES string of the molecule is CCO[Si](OCC)(c1ccc(CO)cc1)c1ccc(CO)cc1. The van der Waals surface area contributed by atoms with Crippen LogP contribution in [0.4, 0.5) is 0 Å². The molecule has 2 rings (SSSR count). The molecule has 0 aromatic heterocycles. The van der Waals surface area contributed by atoms with Crippen molar-refractivity contribution in [1.82, 2.24) is 0 Å². The Bertz CT molecular complexity index is 540. The van der Waals surface area contributed by atoms with E-state index in [1.54, 1.807) is 0 Å². The van der Waals surface area contributed by atoms with E-state index in [9.17, 15) is 10.2 Å². The minimum atomic E-state index is -2.78. The van der Waals surface area contributed by atoms with Crippen molar-refractivity contribution in [3.05, 3.63) is 59.7 Å². The molecule has 0 atom stereocenters. The van der Waals surface area contributed by atoms with Crippen LogP contribution >= 0.6 is 0 Å². The summed E-state index contributed by atoms with van der Waals surface area (Å²) in [5.41, 5.74) is 1.72. The summed E-state index contributed by atoms with van der Waals surface area (Å²) in [6, 6.07) is 15.5. The summed E-state index contributed by atoms with van der Waals surface area (Å²) in [4.78, 5) is 0. The number of aliphatic hydroxyl groups is 2. The molecule has 2 aromatic rings. The third-order valence-electron chi connectivity index (χ3n) is 3.73. The maximum absolute atomic E-state index is 9.24. The molecular weight excluding hydrogens is 308 g/mol. The third kappa shape index (κ3) is 3.88. The van der Waals surface area contributed by atoms with Gasteiger partial charge in [-0.25, -0.2) is 0 Å². The van der Waals surface area contributed by atoms with Gasteiger partial charge >= 0.3 is 8.56 Å². The lowest BCUT2D eigenvalue weighted by Crippen LogP contribution is -2.63. The first kappa shape index (κ1) is 17.8. The van der Waals surface area contributed by atoms with E-state index in [2.05, 4.69) is 0 Å². The second kappa shape index (κ2) is 8.38. The lowest BCUT2D eigenvalue weighted by Gasteiger charge is -2.31. The first-order valence-electron chi connectivity index (χ1n) is 7.88. The van der Waals surface area contributed by atoms with E-state index in [0.29, 0.717) is 13.2 Å². The van der Waals surface area contributed by atoms with Gasteiger partial charge in [0.05, 0.1) is 13.2 Å². The van der Waals surface area contributed by atoms with Crippen LogP contribution in [0.5, 0.6) is 0 Å². The predicted molar refractivity (Wildman–Crippen MR) is 93.0 cm³/mol. The average molecular weight is 332 g/mol. The third-order valence-corrected chi connectivity index (χ3v) is 7.31. The Hall–Kier alpha value is -1.50. The summed E-state index contributed by atoms with van der Waals surface area (Å²) in [5.74, 6) is 0. The second-order valence-corrected chi connectivity index (χ2v) is 8.16.